The summed E-state index contributed by atoms with van der Waals surface area (Å²) in [7, 11) is 0. The molecule has 0 heterocycles. The van der Waals surface area contributed by atoms with E-state index in [0.29, 0.717) is 0 Å². The maximum absolute atomic E-state index is 4.12. The maximum Gasteiger partial charge on any atom is -0.0282 e. The molecular weight excluding hydrogens is 168 g/mol. The molecule has 14 heavy (non-hydrogen) atoms. The first-order valence-electron chi connectivity index (χ1n) is 6.16. The summed E-state index contributed by atoms with van der Waals surface area (Å²) in [6.45, 7) is 8.25. The zero-order valence-electron chi connectivity index (χ0n) is 9.49. The minimum absolute atomic E-state index is 1.18. The second-order valence-electron chi connectivity index (χ2n) is 4.54. The molecule has 0 aromatic heterocycles. The van der Waals surface area contributed by atoms with Crippen LogP contribution in [0.5, 0.6) is 0 Å². The standard InChI is InChI=1S/C14H24/c1-13-11-9-7-5-3-4-6-8-10-12-14(13)2/h1-12H2. The van der Waals surface area contributed by atoms with Crippen LogP contribution in [0.4, 0.5) is 0 Å². The SMILES string of the molecule is C=C1CCCCCCCCCCC1=C. The van der Waals surface area contributed by atoms with E-state index in [4.69, 9.17) is 0 Å². The first-order chi connectivity index (χ1) is 6.80. The van der Waals surface area contributed by atoms with Gasteiger partial charge in [0.25, 0.3) is 0 Å². The summed E-state index contributed by atoms with van der Waals surface area (Å²) in [6.07, 6.45) is 13.5. The summed E-state index contributed by atoms with van der Waals surface area (Å²) in [5.41, 5.74) is 2.62. The number of allylic oxidation sites excluding steroid dienone is 2. The molecule has 0 aromatic carbocycles. The van der Waals surface area contributed by atoms with E-state index in [9.17, 15) is 0 Å². The van der Waals surface area contributed by atoms with Crippen molar-refractivity contribution in [2.75, 3.05) is 0 Å². The molecule has 0 aliphatic heterocycles. The Bertz CT molecular complexity index is 166. The first kappa shape index (κ1) is 11.6. The van der Waals surface area contributed by atoms with Gasteiger partial charge in [-0.25, -0.2) is 0 Å². The predicted molar refractivity (Wildman–Crippen MR) is 64.5 cm³/mol. The van der Waals surface area contributed by atoms with Crippen molar-refractivity contribution in [2.24, 2.45) is 0 Å². The lowest BCUT2D eigenvalue weighted by molar-refractivity contribution is 0.559. The maximum atomic E-state index is 4.12. The largest absolute Gasteiger partial charge is 0.0956 e. The molecule has 0 nitrogen and oxygen atoms in total. The number of hydrogen-bond acceptors (Lipinski definition) is 0. The summed E-state index contributed by atoms with van der Waals surface area (Å²) in [5, 5.41) is 0. The summed E-state index contributed by atoms with van der Waals surface area (Å²) >= 11 is 0. The molecule has 1 rings (SSSR count). The van der Waals surface area contributed by atoms with Gasteiger partial charge >= 0.3 is 0 Å². The number of rotatable bonds is 0. The Morgan fingerprint density at radius 1 is 0.500 bits per heavy atom. The average Bonchev–Trinajstić information content (AvgIpc) is 2.18. The topological polar surface area (TPSA) is 0 Å². The van der Waals surface area contributed by atoms with Gasteiger partial charge in [0.05, 0.1) is 0 Å². The highest BCUT2D eigenvalue weighted by atomic mass is 14.1. The Hall–Kier alpha value is -0.520. The van der Waals surface area contributed by atoms with Crippen molar-refractivity contribution in [3.8, 4) is 0 Å². The molecule has 0 saturated heterocycles. The van der Waals surface area contributed by atoms with Crippen LogP contribution in [0.2, 0.25) is 0 Å². The van der Waals surface area contributed by atoms with Gasteiger partial charge in [-0.15, -0.1) is 0 Å². The van der Waals surface area contributed by atoms with Gasteiger partial charge in [0.2, 0.25) is 0 Å². The van der Waals surface area contributed by atoms with Crippen LogP contribution in [0.1, 0.15) is 64.2 Å². The van der Waals surface area contributed by atoms with Crippen LogP contribution in [0, 0.1) is 0 Å². The van der Waals surface area contributed by atoms with Crippen molar-refractivity contribution < 1.29 is 0 Å². The van der Waals surface area contributed by atoms with E-state index in [1.807, 2.05) is 0 Å². The summed E-state index contributed by atoms with van der Waals surface area (Å²) in [4.78, 5) is 0. The molecular formula is C14H24. The average molecular weight is 192 g/mol. The quantitative estimate of drug-likeness (QED) is 0.506. The van der Waals surface area contributed by atoms with Gasteiger partial charge in [0, 0.05) is 0 Å². The van der Waals surface area contributed by atoms with Crippen LogP contribution in [0.25, 0.3) is 0 Å². The molecule has 0 amide bonds. The molecule has 1 fully saturated rings. The summed E-state index contributed by atoms with van der Waals surface area (Å²) in [5.74, 6) is 0. The fourth-order valence-electron chi connectivity index (χ4n) is 2.09. The highest BCUT2D eigenvalue weighted by Gasteiger charge is 2.02. The van der Waals surface area contributed by atoms with Crippen LogP contribution in [0.15, 0.2) is 24.3 Å². The van der Waals surface area contributed by atoms with Gasteiger partial charge in [-0.2, -0.15) is 0 Å². The highest BCUT2D eigenvalue weighted by Crippen LogP contribution is 2.22. The lowest BCUT2D eigenvalue weighted by atomic mass is 9.95. The second-order valence-corrected chi connectivity index (χ2v) is 4.54. The molecule has 1 aliphatic rings. The molecule has 0 atom stereocenters. The van der Waals surface area contributed by atoms with Crippen LogP contribution >= 0.6 is 0 Å². The molecule has 0 N–H and O–H groups in total. The van der Waals surface area contributed by atoms with Gasteiger partial charge in [-0.05, 0) is 25.7 Å². The van der Waals surface area contributed by atoms with Crippen molar-refractivity contribution in [1.82, 2.24) is 0 Å². The third-order valence-electron chi connectivity index (χ3n) is 3.21. The van der Waals surface area contributed by atoms with Gasteiger partial charge in [-0.1, -0.05) is 62.8 Å². The van der Waals surface area contributed by atoms with Crippen molar-refractivity contribution in [1.29, 1.82) is 0 Å². The minimum Gasteiger partial charge on any atom is -0.0956 e. The lowest BCUT2D eigenvalue weighted by Gasteiger charge is -2.11. The van der Waals surface area contributed by atoms with E-state index < -0.39 is 0 Å². The van der Waals surface area contributed by atoms with Gasteiger partial charge in [0.15, 0.2) is 0 Å². The molecule has 0 heteroatoms. The highest BCUT2D eigenvalue weighted by molar-refractivity contribution is 5.24. The van der Waals surface area contributed by atoms with E-state index in [-0.39, 0.29) is 0 Å². The fraction of sp³-hybridized carbons (Fsp3) is 0.714. The van der Waals surface area contributed by atoms with E-state index in [0.717, 1.165) is 0 Å². The molecule has 1 saturated carbocycles. The summed E-state index contributed by atoms with van der Waals surface area (Å²) < 4.78 is 0. The third kappa shape index (κ3) is 4.64. The summed E-state index contributed by atoms with van der Waals surface area (Å²) in [6, 6.07) is 0. The molecule has 0 aromatic rings. The molecule has 80 valence electrons. The fourth-order valence-corrected chi connectivity index (χ4v) is 2.09. The van der Waals surface area contributed by atoms with Gasteiger partial charge in [0.1, 0.15) is 0 Å². The van der Waals surface area contributed by atoms with Crippen molar-refractivity contribution in [2.45, 2.75) is 64.2 Å². The molecule has 0 radical (unpaired) electrons. The van der Waals surface area contributed by atoms with Crippen LogP contribution in [-0.2, 0) is 0 Å². The van der Waals surface area contributed by atoms with Crippen LogP contribution in [0.3, 0.4) is 0 Å². The predicted octanol–water partition coefficient (Wildman–Crippen LogP) is 5.01. The Labute approximate surface area is 89.1 Å². The van der Waals surface area contributed by atoms with Crippen LogP contribution in [-0.4, -0.2) is 0 Å². The van der Waals surface area contributed by atoms with Crippen molar-refractivity contribution in [3.63, 3.8) is 0 Å². The van der Waals surface area contributed by atoms with Gasteiger partial charge < -0.3 is 0 Å². The smallest absolute Gasteiger partial charge is 0.0282 e. The Balaban J connectivity index is 2.31. The molecule has 0 spiro atoms. The zero-order valence-corrected chi connectivity index (χ0v) is 9.49. The third-order valence-corrected chi connectivity index (χ3v) is 3.21. The van der Waals surface area contributed by atoms with Crippen LogP contribution < -0.4 is 0 Å². The van der Waals surface area contributed by atoms with Crippen molar-refractivity contribution >= 4 is 0 Å². The van der Waals surface area contributed by atoms with E-state index in [1.165, 1.54) is 75.4 Å². The molecule has 1 aliphatic carbocycles. The molecule has 0 bridgehead atoms. The van der Waals surface area contributed by atoms with Crippen molar-refractivity contribution in [3.05, 3.63) is 24.3 Å². The zero-order chi connectivity index (χ0) is 10.2. The monoisotopic (exact) mass is 192 g/mol. The van der Waals surface area contributed by atoms with E-state index in [1.54, 1.807) is 0 Å². The Morgan fingerprint density at radius 2 is 0.786 bits per heavy atom. The molecule has 0 unspecified atom stereocenters. The first-order valence-corrected chi connectivity index (χ1v) is 6.16. The Kier molecular flexibility index (Phi) is 5.66. The number of hydrogen-bond donors (Lipinski definition) is 0. The van der Waals surface area contributed by atoms with Gasteiger partial charge in [-0.3, -0.25) is 0 Å². The second kappa shape index (κ2) is 6.86. The minimum atomic E-state index is 1.18. The normalized spacial score (nSPS) is 22.6. The van der Waals surface area contributed by atoms with E-state index >= 15 is 0 Å². The van der Waals surface area contributed by atoms with E-state index in [2.05, 4.69) is 13.2 Å². The Morgan fingerprint density at radius 3 is 1.14 bits per heavy atom. The lowest BCUT2D eigenvalue weighted by Crippen LogP contribution is -1.91.